The summed E-state index contributed by atoms with van der Waals surface area (Å²) < 4.78 is 14.1. The van der Waals surface area contributed by atoms with Crippen molar-refractivity contribution in [3.63, 3.8) is 0 Å². The van der Waals surface area contributed by atoms with Crippen LogP contribution in [-0.2, 0) is 4.79 Å². The first-order valence-electron chi connectivity index (χ1n) is 6.11. The van der Waals surface area contributed by atoms with Gasteiger partial charge in [0.05, 0.1) is 5.56 Å². The maximum absolute atomic E-state index is 14.1. The molecule has 0 fully saturated rings. The molecule has 1 aliphatic heterocycles. The fourth-order valence-corrected chi connectivity index (χ4v) is 2.77. The second-order valence-electron chi connectivity index (χ2n) is 4.65. The average molecular weight is 309 g/mol. The summed E-state index contributed by atoms with van der Waals surface area (Å²) in [7, 11) is 0. The molecule has 1 aromatic carbocycles. The van der Waals surface area contributed by atoms with Gasteiger partial charge in [0, 0.05) is 22.9 Å². The number of nitrogens with one attached hydrogen (secondary N) is 2. The van der Waals surface area contributed by atoms with Gasteiger partial charge in [-0.15, -0.1) is 0 Å². The van der Waals surface area contributed by atoms with Crippen LogP contribution in [0.2, 0.25) is 5.02 Å². The number of hydrogen-bond donors (Lipinski definition) is 3. The van der Waals surface area contributed by atoms with Gasteiger partial charge >= 0.3 is 0 Å². The predicted molar refractivity (Wildman–Crippen MR) is 75.8 cm³/mol. The third-order valence-electron chi connectivity index (χ3n) is 3.32. The molecule has 0 radical (unpaired) electrons. The van der Waals surface area contributed by atoms with Crippen molar-refractivity contribution in [3.05, 3.63) is 50.5 Å². The molecular formula is C13H10ClFN4O2. The normalized spacial score (nSPS) is 17.2. The number of benzene rings is 1. The molecule has 1 atom stereocenters. The molecule has 1 amide bonds. The lowest BCUT2D eigenvalue weighted by Gasteiger charge is -2.25. The Balaban J connectivity index is 2.27. The Hall–Kier alpha value is -2.41. The van der Waals surface area contributed by atoms with Crippen molar-refractivity contribution in [1.29, 1.82) is 0 Å². The SMILES string of the molecule is Nc1nc2c(c(=O)[nH]1)C(c1c(F)cccc1Cl)CC(=O)N2. The minimum absolute atomic E-state index is 0.0387. The number of carbonyl (C=O) groups is 1. The van der Waals surface area contributed by atoms with Gasteiger partial charge in [0.1, 0.15) is 11.6 Å². The van der Waals surface area contributed by atoms with E-state index >= 15 is 0 Å². The monoisotopic (exact) mass is 308 g/mol. The highest BCUT2D eigenvalue weighted by Gasteiger charge is 2.33. The highest BCUT2D eigenvalue weighted by atomic mass is 35.5. The molecule has 3 rings (SSSR count). The van der Waals surface area contributed by atoms with Gasteiger partial charge in [-0.3, -0.25) is 14.6 Å². The number of nitrogens with zero attached hydrogens (tertiary/aromatic N) is 1. The zero-order valence-corrected chi connectivity index (χ0v) is 11.4. The zero-order valence-electron chi connectivity index (χ0n) is 10.6. The Bertz CT molecular complexity index is 785. The van der Waals surface area contributed by atoms with Gasteiger partial charge in [0.15, 0.2) is 0 Å². The topological polar surface area (TPSA) is 101 Å². The molecule has 1 aromatic heterocycles. The van der Waals surface area contributed by atoms with Crippen LogP contribution in [0.3, 0.4) is 0 Å². The van der Waals surface area contributed by atoms with Crippen LogP contribution in [0.4, 0.5) is 16.2 Å². The van der Waals surface area contributed by atoms with Crippen LogP contribution < -0.4 is 16.6 Å². The van der Waals surface area contributed by atoms with Crippen LogP contribution >= 0.6 is 11.6 Å². The fraction of sp³-hybridized carbons (Fsp3) is 0.154. The third-order valence-corrected chi connectivity index (χ3v) is 3.65. The summed E-state index contributed by atoms with van der Waals surface area (Å²) in [4.78, 5) is 30.1. The molecule has 8 heteroatoms. The van der Waals surface area contributed by atoms with E-state index in [2.05, 4.69) is 15.3 Å². The maximum Gasteiger partial charge on any atom is 0.258 e. The highest BCUT2D eigenvalue weighted by Crippen LogP contribution is 2.38. The Labute approximate surface area is 123 Å². The molecule has 0 bridgehead atoms. The lowest BCUT2D eigenvalue weighted by molar-refractivity contribution is -0.116. The number of H-pyrrole nitrogens is 1. The van der Waals surface area contributed by atoms with E-state index in [1.54, 1.807) is 0 Å². The van der Waals surface area contributed by atoms with Crippen molar-refractivity contribution >= 4 is 29.3 Å². The molecule has 0 saturated heterocycles. The molecule has 21 heavy (non-hydrogen) atoms. The van der Waals surface area contributed by atoms with Gasteiger partial charge in [-0.05, 0) is 12.1 Å². The van der Waals surface area contributed by atoms with Crippen molar-refractivity contribution in [3.8, 4) is 0 Å². The molecule has 108 valence electrons. The minimum Gasteiger partial charge on any atom is -0.369 e. The summed E-state index contributed by atoms with van der Waals surface area (Å²) in [6.07, 6.45) is -0.0949. The summed E-state index contributed by atoms with van der Waals surface area (Å²) in [6, 6.07) is 4.19. The van der Waals surface area contributed by atoms with E-state index in [0.29, 0.717) is 0 Å². The van der Waals surface area contributed by atoms with Crippen LogP contribution in [0, 0.1) is 5.82 Å². The van der Waals surface area contributed by atoms with Crippen LogP contribution in [-0.4, -0.2) is 15.9 Å². The van der Waals surface area contributed by atoms with Crippen molar-refractivity contribution in [2.45, 2.75) is 12.3 Å². The number of anilines is 2. The first-order chi connectivity index (χ1) is 9.97. The first kappa shape index (κ1) is 13.6. The van der Waals surface area contributed by atoms with Gasteiger partial charge in [0.2, 0.25) is 11.9 Å². The Kier molecular flexibility index (Phi) is 3.13. The van der Waals surface area contributed by atoms with E-state index < -0.39 is 17.3 Å². The van der Waals surface area contributed by atoms with E-state index in [-0.39, 0.29) is 40.2 Å². The van der Waals surface area contributed by atoms with Gasteiger partial charge in [-0.25, -0.2) is 4.39 Å². The lowest BCUT2D eigenvalue weighted by atomic mass is 9.86. The number of nitrogen functional groups attached to an aromatic ring is 1. The maximum atomic E-state index is 14.1. The molecule has 1 unspecified atom stereocenters. The summed E-state index contributed by atoms with van der Waals surface area (Å²) in [5, 5.41) is 2.61. The van der Waals surface area contributed by atoms with Gasteiger partial charge < -0.3 is 11.1 Å². The van der Waals surface area contributed by atoms with Crippen molar-refractivity contribution < 1.29 is 9.18 Å². The number of aromatic amines is 1. The summed E-state index contributed by atoms with van der Waals surface area (Å²) in [5.41, 5.74) is 5.18. The van der Waals surface area contributed by atoms with Crippen LogP contribution in [0.1, 0.15) is 23.5 Å². The Morgan fingerprint density at radius 3 is 2.81 bits per heavy atom. The molecule has 2 aromatic rings. The fourth-order valence-electron chi connectivity index (χ4n) is 2.48. The second kappa shape index (κ2) is 4.85. The molecule has 6 nitrogen and oxygen atoms in total. The summed E-state index contributed by atoms with van der Waals surface area (Å²) in [5.74, 6) is -1.86. The summed E-state index contributed by atoms with van der Waals surface area (Å²) >= 11 is 6.03. The molecule has 0 saturated carbocycles. The number of amides is 1. The number of nitrogens with two attached hydrogens (primary N) is 1. The number of fused-ring (bicyclic) bond motifs is 1. The molecule has 0 aliphatic carbocycles. The van der Waals surface area contributed by atoms with E-state index in [9.17, 15) is 14.0 Å². The van der Waals surface area contributed by atoms with Gasteiger partial charge in [-0.1, -0.05) is 17.7 Å². The average Bonchev–Trinajstić information content (AvgIpc) is 2.36. The minimum atomic E-state index is -0.806. The number of hydrogen-bond acceptors (Lipinski definition) is 4. The van der Waals surface area contributed by atoms with E-state index in [4.69, 9.17) is 17.3 Å². The largest absolute Gasteiger partial charge is 0.369 e. The Morgan fingerprint density at radius 2 is 2.10 bits per heavy atom. The van der Waals surface area contributed by atoms with Crippen LogP contribution in [0.5, 0.6) is 0 Å². The molecular weight excluding hydrogens is 299 g/mol. The van der Waals surface area contributed by atoms with Crippen LogP contribution in [0.15, 0.2) is 23.0 Å². The third kappa shape index (κ3) is 2.25. The molecule has 4 N–H and O–H groups in total. The zero-order chi connectivity index (χ0) is 15.1. The standard InChI is InChI=1S/C13H10ClFN4O2/c14-6-2-1-3-7(15)9(6)5-4-8(20)17-11-10(5)12(21)19-13(16)18-11/h1-3,5H,4H2,(H4,16,17,18,19,20,21). The Morgan fingerprint density at radius 1 is 1.33 bits per heavy atom. The van der Waals surface area contributed by atoms with Crippen LogP contribution in [0.25, 0.3) is 0 Å². The molecule has 0 spiro atoms. The highest BCUT2D eigenvalue weighted by molar-refractivity contribution is 6.31. The smallest absolute Gasteiger partial charge is 0.258 e. The number of halogens is 2. The summed E-state index contributed by atoms with van der Waals surface area (Å²) in [6.45, 7) is 0. The van der Waals surface area contributed by atoms with Crippen molar-refractivity contribution in [1.82, 2.24) is 9.97 Å². The number of aromatic nitrogens is 2. The lowest BCUT2D eigenvalue weighted by Crippen LogP contribution is -2.32. The van der Waals surface area contributed by atoms with Gasteiger partial charge in [0.25, 0.3) is 5.56 Å². The molecule has 1 aliphatic rings. The number of carbonyl (C=O) groups excluding carboxylic acids is 1. The van der Waals surface area contributed by atoms with E-state index in [1.807, 2.05) is 0 Å². The quantitative estimate of drug-likeness (QED) is 0.745. The van der Waals surface area contributed by atoms with Crippen molar-refractivity contribution in [2.24, 2.45) is 0 Å². The van der Waals surface area contributed by atoms with E-state index in [1.165, 1.54) is 18.2 Å². The predicted octanol–water partition coefficient (Wildman–Crippen LogP) is 1.62. The van der Waals surface area contributed by atoms with Gasteiger partial charge in [-0.2, -0.15) is 4.98 Å². The second-order valence-corrected chi connectivity index (χ2v) is 5.06. The van der Waals surface area contributed by atoms with Crippen molar-refractivity contribution in [2.75, 3.05) is 11.1 Å². The molecule has 2 heterocycles. The van der Waals surface area contributed by atoms with E-state index in [0.717, 1.165) is 0 Å². The first-order valence-corrected chi connectivity index (χ1v) is 6.48. The number of rotatable bonds is 1.